The third kappa shape index (κ3) is 4.08. The van der Waals surface area contributed by atoms with Crippen molar-refractivity contribution in [3.8, 4) is 0 Å². The van der Waals surface area contributed by atoms with Gasteiger partial charge in [0.2, 0.25) is 0 Å². The highest BCUT2D eigenvalue weighted by atomic mass is 32.1. The zero-order valence-corrected chi connectivity index (χ0v) is 12.9. The maximum Gasteiger partial charge on any atom is 0.141 e. The number of aryl methyl sites for hydroxylation is 1. The van der Waals surface area contributed by atoms with Crippen molar-refractivity contribution in [2.45, 2.75) is 33.2 Å². The third-order valence-electron chi connectivity index (χ3n) is 3.15. The van der Waals surface area contributed by atoms with E-state index in [0.717, 1.165) is 29.4 Å². The first-order valence-electron chi connectivity index (χ1n) is 6.82. The molecule has 0 amide bonds. The van der Waals surface area contributed by atoms with Gasteiger partial charge in [-0.2, -0.15) is 0 Å². The zero-order chi connectivity index (χ0) is 14.5. The van der Waals surface area contributed by atoms with Gasteiger partial charge in [0.1, 0.15) is 5.82 Å². The molecule has 0 bridgehead atoms. The summed E-state index contributed by atoms with van der Waals surface area (Å²) >= 11 is 1.67. The van der Waals surface area contributed by atoms with Crippen LogP contribution in [0.15, 0.2) is 23.7 Å². The molecule has 20 heavy (non-hydrogen) atoms. The summed E-state index contributed by atoms with van der Waals surface area (Å²) in [5, 5.41) is 6.68. The number of rotatable bonds is 6. The quantitative estimate of drug-likeness (QED) is 0.885. The predicted molar refractivity (Wildman–Crippen MR) is 80.3 cm³/mol. The van der Waals surface area contributed by atoms with Crippen LogP contribution in [0, 0.1) is 18.7 Å². The largest absolute Gasteiger partial charge is 0.308 e. The summed E-state index contributed by atoms with van der Waals surface area (Å²) in [7, 11) is 0. The lowest BCUT2D eigenvalue weighted by Crippen LogP contribution is -2.28. The van der Waals surface area contributed by atoms with E-state index in [1.54, 1.807) is 17.4 Å². The molecule has 108 valence electrons. The van der Waals surface area contributed by atoms with Crippen LogP contribution >= 0.6 is 11.3 Å². The van der Waals surface area contributed by atoms with Crippen LogP contribution in [0.25, 0.3) is 0 Å². The molecule has 5 heteroatoms. The highest BCUT2D eigenvalue weighted by Gasteiger charge is 2.16. The summed E-state index contributed by atoms with van der Waals surface area (Å²) in [6.07, 6.45) is 2.17. The van der Waals surface area contributed by atoms with Crippen molar-refractivity contribution < 1.29 is 4.39 Å². The maximum atomic E-state index is 12.9. The maximum absolute atomic E-state index is 12.9. The number of nitrogens with zero attached hydrogens (tertiary/aromatic N) is 2. The van der Waals surface area contributed by atoms with Crippen LogP contribution in [-0.4, -0.2) is 16.5 Å². The lowest BCUT2D eigenvalue weighted by Gasteiger charge is -2.21. The molecule has 1 unspecified atom stereocenters. The van der Waals surface area contributed by atoms with Gasteiger partial charge >= 0.3 is 0 Å². The Balaban J connectivity index is 1.94. The van der Waals surface area contributed by atoms with E-state index in [1.807, 2.05) is 6.92 Å². The number of halogens is 1. The molecule has 0 fully saturated rings. The molecule has 0 aliphatic carbocycles. The Hall–Kier alpha value is -1.33. The SMILES string of the molecule is Cc1nc(CCNC(c2ccc(F)cn2)C(C)C)cs1. The van der Waals surface area contributed by atoms with Crippen LogP contribution in [0.1, 0.15) is 36.3 Å². The van der Waals surface area contributed by atoms with E-state index in [2.05, 4.69) is 34.5 Å². The van der Waals surface area contributed by atoms with Gasteiger partial charge in [-0.1, -0.05) is 13.8 Å². The van der Waals surface area contributed by atoms with E-state index in [1.165, 1.54) is 12.3 Å². The number of aromatic nitrogens is 2. The summed E-state index contributed by atoms with van der Waals surface area (Å²) in [6, 6.07) is 3.35. The normalized spacial score (nSPS) is 12.8. The second-order valence-electron chi connectivity index (χ2n) is 5.18. The van der Waals surface area contributed by atoms with Gasteiger partial charge in [0, 0.05) is 18.3 Å². The molecule has 2 rings (SSSR count). The Labute approximate surface area is 123 Å². The molecule has 0 aromatic carbocycles. The van der Waals surface area contributed by atoms with E-state index >= 15 is 0 Å². The molecule has 0 saturated carbocycles. The predicted octanol–water partition coefficient (Wildman–Crippen LogP) is 3.52. The van der Waals surface area contributed by atoms with E-state index in [4.69, 9.17) is 0 Å². The summed E-state index contributed by atoms with van der Waals surface area (Å²) in [5.74, 6) is 0.0966. The van der Waals surface area contributed by atoms with Gasteiger partial charge in [-0.05, 0) is 25.0 Å². The first-order chi connectivity index (χ1) is 9.56. The Morgan fingerprint density at radius 1 is 1.35 bits per heavy atom. The van der Waals surface area contributed by atoms with Crippen molar-refractivity contribution >= 4 is 11.3 Å². The molecule has 3 nitrogen and oxygen atoms in total. The first-order valence-corrected chi connectivity index (χ1v) is 7.70. The number of hydrogen-bond donors (Lipinski definition) is 1. The highest BCUT2D eigenvalue weighted by molar-refractivity contribution is 7.09. The van der Waals surface area contributed by atoms with Crippen molar-refractivity contribution in [3.63, 3.8) is 0 Å². The van der Waals surface area contributed by atoms with Crippen LogP contribution in [-0.2, 0) is 6.42 Å². The van der Waals surface area contributed by atoms with Crippen LogP contribution in [0.2, 0.25) is 0 Å². The summed E-state index contributed by atoms with van der Waals surface area (Å²) in [5.41, 5.74) is 2.01. The molecule has 1 atom stereocenters. The lowest BCUT2D eigenvalue weighted by atomic mass is 10.00. The molecule has 0 spiro atoms. The van der Waals surface area contributed by atoms with E-state index in [0.29, 0.717) is 5.92 Å². The first kappa shape index (κ1) is 15.1. The molecular formula is C15H20FN3S. The van der Waals surface area contributed by atoms with Crippen molar-refractivity contribution in [1.29, 1.82) is 0 Å². The smallest absolute Gasteiger partial charge is 0.141 e. The zero-order valence-electron chi connectivity index (χ0n) is 12.1. The summed E-state index contributed by atoms with van der Waals surface area (Å²) < 4.78 is 12.9. The van der Waals surface area contributed by atoms with Gasteiger partial charge in [-0.15, -0.1) is 11.3 Å². The fraction of sp³-hybridized carbons (Fsp3) is 0.467. The van der Waals surface area contributed by atoms with Crippen LogP contribution < -0.4 is 5.32 Å². The van der Waals surface area contributed by atoms with Crippen LogP contribution in [0.4, 0.5) is 4.39 Å². The molecule has 2 heterocycles. The van der Waals surface area contributed by atoms with Crippen LogP contribution in [0.3, 0.4) is 0 Å². The Morgan fingerprint density at radius 3 is 2.70 bits per heavy atom. The fourth-order valence-corrected chi connectivity index (χ4v) is 2.78. The van der Waals surface area contributed by atoms with Gasteiger partial charge in [-0.25, -0.2) is 9.37 Å². The molecule has 0 aliphatic heterocycles. The molecule has 0 radical (unpaired) electrons. The topological polar surface area (TPSA) is 37.8 Å². The standard InChI is InChI=1S/C15H20FN3S/c1-10(2)15(14-5-4-12(16)8-18-14)17-7-6-13-9-20-11(3)19-13/h4-5,8-10,15,17H,6-7H2,1-3H3. The summed E-state index contributed by atoms with van der Waals surface area (Å²) in [6.45, 7) is 7.12. The lowest BCUT2D eigenvalue weighted by molar-refractivity contribution is 0.404. The van der Waals surface area contributed by atoms with Gasteiger partial charge in [-0.3, -0.25) is 4.98 Å². The molecule has 0 aliphatic rings. The highest BCUT2D eigenvalue weighted by Crippen LogP contribution is 2.19. The van der Waals surface area contributed by atoms with Crippen molar-refractivity contribution in [3.05, 3.63) is 45.9 Å². The number of nitrogens with one attached hydrogen (secondary N) is 1. The minimum Gasteiger partial charge on any atom is -0.308 e. The van der Waals surface area contributed by atoms with E-state index in [-0.39, 0.29) is 11.9 Å². The average Bonchev–Trinajstić information content (AvgIpc) is 2.81. The second kappa shape index (κ2) is 6.90. The molecular weight excluding hydrogens is 273 g/mol. The van der Waals surface area contributed by atoms with Crippen molar-refractivity contribution in [2.24, 2.45) is 5.92 Å². The van der Waals surface area contributed by atoms with Gasteiger partial charge < -0.3 is 5.32 Å². The Morgan fingerprint density at radius 2 is 2.15 bits per heavy atom. The fourth-order valence-electron chi connectivity index (χ4n) is 2.13. The molecule has 1 N–H and O–H groups in total. The van der Waals surface area contributed by atoms with Crippen molar-refractivity contribution in [2.75, 3.05) is 6.54 Å². The van der Waals surface area contributed by atoms with Crippen molar-refractivity contribution in [1.82, 2.24) is 15.3 Å². The molecule has 2 aromatic heterocycles. The third-order valence-corrected chi connectivity index (χ3v) is 3.97. The number of thiazole rings is 1. The Bertz CT molecular complexity index is 536. The second-order valence-corrected chi connectivity index (χ2v) is 6.25. The molecule has 0 saturated heterocycles. The number of hydrogen-bond acceptors (Lipinski definition) is 4. The van der Waals surface area contributed by atoms with Gasteiger partial charge in [0.15, 0.2) is 0 Å². The minimum absolute atomic E-state index is 0.135. The summed E-state index contributed by atoms with van der Waals surface area (Å²) in [4.78, 5) is 8.63. The molecule has 2 aromatic rings. The number of pyridine rings is 1. The van der Waals surface area contributed by atoms with Crippen LogP contribution in [0.5, 0.6) is 0 Å². The van der Waals surface area contributed by atoms with E-state index < -0.39 is 0 Å². The van der Waals surface area contributed by atoms with Gasteiger partial charge in [0.25, 0.3) is 0 Å². The van der Waals surface area contributed by atoms with Gasteiger partial charge in [0.05, 0.1) is 28.6 Å². The van der Waals surface area contributed by atoms with E-state index in [9.17, 15) is 4.39 Å². The Kier molecular flexibility index (Phi) is 5.20. The minimum atomic E-state index is -0.297. The monoisotopic (exact) mass is 293 g/mol. The average molecular weight is 293 g/mol.